The molecule has 1 aromatic heterocycles. The minimum atomic E-state index is -0.356. The molecule has 0 atom stereocenters. The van der Waals surface area contributed by atoms with Crippen molar-refractivity contribution >= 4 is 22.5 Å². The number of ketones is 2. The number of benzene rings is 1. The summed E-state index contributed by atoms with van der Waals surface area (Å²) in [5, 5.41) is 10.2. The number of hydrogen-bond acceptors (Lipinski definition) is 4. The summed E-state index contributed by atoms with van der Waals surface area (Å²) in [5.41, 5.74) is 0.821. The first kappa shape index (κ1) is 12.1. The van der Waals surface area contributed by atoms with Gasteiger partial charge in [-0.15, -0.1) is 0 Å². The van der Waals surface area contributed by atoms with Gasteiger partial charge in [0, 0.05) is 12.5 Å². The number of rotatable bonds is 3. The molecule has 18 heavy (non-hydrogen) atoms. The lowest BCUT2D eigenvalue weighted by Gasteiger charge is -1.95. The molecule has 2 aromatic rings. The average molecular weight is 244 g/mol. The van der Waals surface area contributed by atoms with Crippen molar-refractivity contribution < 1.29 is 19.1 Å². The topological polar surface area (TPSA) is 67.5 Å². The molecule has 1 aromatic carbocycles. The molecule has 1 heterocycles. The van der Waals surface area contributed by atoms with Crippen molar-refractivity contribution in [1.82, 2.24) is 0 Å². The molecule has 0 saturated carbocycles. The highest BCUT2D eigenvalue weighted by Gasteiger charge is 2.17. The Morgan fingerprint density at radius 1 is 1.33 bits per heavy atom. The van der Waals surface area contributed by atoms with Crippen LogP contribution in [0.25, 0.3) is 11.0 Å². The van der Waals surface area contributed by atoms with Crippen LogP contribution in [-0.4, -0.2) is 16.7 Å². The minimum Gasteiger partial charge on any atom is -0.504 e. The van der Waals surface area contributed by atoms with Crippen molar-refractivity contribution in [2.75, 3.05) is 0 Å². The van der Waals surface area contributed by atoms with Crippen LogP contribution in [0.4, 0.5) is 0 Å². The van der Waals surface area contributed by atoms with E-state index < -0.39 is 0 Å². The third-order valence-corrected chi connectivity index (χ3v) is 2.58. The number of carbonyl (C=O) groups excluding carboxylic acids is 2. The number of hydrogen-bond donors (Lipinski definition) is 1. The van der Waals surface area contributed by atoms with Crippen LogP contribution in [0.1, 0.15) is 34.8 Å². The van der Waals surface area contributed by atoms with Gasteiger partial charge in [-0.05, 0) is 31.2 Å². The first-order chi connectivity index (χ1) is 8.54. The summed E-state index contributed by atoms with van der Waals surface area (Å²) in [6.07, 6.45) is 3.08. The van der Waals surface area contributed by atoms with E-state index in [2.05, 4.69) is 0 Å². The molecule has 0 aliphatic rings. The molecule has 0 aliphatic heterocycles. The quantitative estimate of drug-likeness (QED) is 0.665. The Morgan fingerprint density at radius 3 is 2.67 bits per heavy atom. The van der Waals surface area contributed by atoms with Crippen LogP contribution in [0.15, 0.2) is 34.8 Å². The standard InChI is InChI=1S/C14H12O4/c1-3-4-11(16)9-5-6-12-10(7-9)13(17)14(18-12)8(2)15/h3-7,17H,1-2H3/b4-3+. The maximum absolute atomic E-state index is 11.7. The number of allylic oxidation sites excluding steroid dienone is 2. The van der Waals surface area contributed by atoms with Gasteiger partial charge in [0.15, 0.2) is 17.3 Å². The second-order valence-electron chi connectivity index (χ2n) is 3.91. The van der Waals surface area contributed by atoms with E-state index in [9.17, 15) is 14.7 Å². The van der Waals surface area contributed by atoms with Crippen LogP contribution < -0.4 is 0 Å². The zero-order valence-corrected chi connectivity index (χ0v) is 10.1. The van der Waals surface area contributed by atoms with Crippen molar-refractivity contribution in [3.8, 4) is 5.75 Å². The van der Waals surface area contributed by atoms with Gasteiger partial charge in [0.05, 0.1) is 5.39 Å². The van der Waals surface area contributed by atoms with Crippen LogP contribution in [-0.2, 0) is 0 Å². The van der Waals surface area contributed by atoms with Crippen molar-refractivity contribution in [3.63, 3.8) is 0 Å². The van der Waals surface area contributed by atoms with Gasteiger partial charge in [-0.1, -0.05) is 6.08 Å². The minimum absolute atomic E-state index is 0.0827. The third kappa shape index (κ3) is 1.93. The van der Waals surface area contributed by atoms with Crippen LogP contribution in [0.3, 0.4) is 0 Å². The zero-order valence-electron chi connectivity index (χ0n) is 10.1. The van der Waals surface area contributed by atoms with Crippen LogP contribution in [0.2, 0.25) is 0 Å². The molecule has 0 aliphatic carbocycles. The fourth-order valence-corrected chi connectivity index (χ4v) is 1.72. The molecule has 0 unspecified atom stereocenters. The lowest BCUT2D eigenvalue weighted by atomic mass is 10.1. The summed E-state index contributed by atoms with van der Waals surface area (Å²) >= 11 is 0. The molecule has 92 valence electrons. The molecule has 0 amide bonds. The van der Waals surface area contributed by atoms with Gasteiger partial charge >= 0.3 is 0 Å². The highest BCUT2D eigenvalue weighted by molar-refractivity contribution is 6.08. The van der Waals surface area contributed by atoms with Crippen molar-refractivity contribution in [2.24, 2.45) is 0 Å². The van der Waals surface area contributed by atoms with E-state index in [0.717, 1.165) is 0 Å². The number of aromatic hydroxyl groups is 1. The molecule has 4 heteroatoms. The molecular weight excluding hydrogens is 232 g/mol. The van der Waals surface area contributed by atoms with Gasteiger partial charge < -0.3 is 9.52 Å². The molecule has 1 N–H and O–H groups in total. The predicted molar refractivity (Wildman–Crippen MR) is 67.0 cm³/mol. The van der Waals surface area contributed by atoms with E-state index in [4.69, 9.17) is 4.42 Å². The lowest BCUT2D eigenvalue weighted by molar-refractivity contribution is 0.0984. The molecule has 0 fully saturated rings. The van der Waals surface area contributed by atoms with E-state index in [1.165, 1.54) is 19.1 Å². The number of carbonyl (C=O) groups is 2. The number of Topliss-reactive ketones (excluding diaryl/α,β-unsaturated/α-hetero) is 1. The van der Waals surface area contributed by atoms with E-state index in [1.54, 1.807) is 25.1 Å². The first-order valence-electron chi connectivity index (χ1n) is 5.48. The molecule has 0 radical (unpaired) electrons. The predicted octanol–water partition coefficient (Wildman–Crippen LogP) is 3.10. The van der Waals surface area contributed by atoms with E-state index in [1.807, 2.05) is 0 Å². The van der Waals surface area contributed by atoms with E-state index >= 15 is 0 Å². The largest absolute Gasteiger partial charge is 0.504 e. The smallest absolute Gasteiger partial charge is 0.212 e. The van der Waals surface area contributed by atoms with Crippen LogP contribution >= 0.6 is 0 Å². The first-order valence-corrected chi connectivity index (χ1v) is 5.48. The molecular formula is C14H12O4. The number of fused-ring (bicyclic) bond motifs is 1. The summed E-state index contributed by atoms with van der Waals surface area (Å²) in [4.78, 5) is 22.9. The Morgan fingerprint density at radius 2 is 2.06 bits per heavy atom. The highest BCUT2D eigenvalue weighted by Crippen LogP contribution is 2.32. The Labute approximate surface area is 104 Å². The Hall–Kier alpha value is -2.36. The van der Waals surface area contributed by atoms with Crippen LogP contribution in [0, 0.1) is 0 Å². The second kappa shape index (κ2) is 4.49. The lowest BCUT2D eigenvalue weighted by Crippen LogP contribution is -1.92. The van der Waals surface area contributed by atoms with Gasteiger partial charge in [-0.3, -0.25) is 9.59 Å². The van der Waals surface area contributed by atoms with Gasteiger partial charge in [0.1, 0.15) is 5.58 Å². The zero-order chi connectivity index (χ0) is 13.3. The average Bonchev–Trinajstić information content (AvgIpc) is 2.67. The maximum Gasteiger partial charge on any atom is 0.212 e. The Balaban J connectivity index is 2.61. The fraction of sp³-hybridized carbons (Fsp3) is 0.143. The normalized spacial score (nSPS) is 11.2. The molecule has 0 spiro atoms. The van der Waals surface area contributed by atoms with Gasteiger partial charge in [-0.25, -0.2) is 0 Å². The van der Waals surface area contributed by atoms with Gasteiger partial charge in [0.2, 0.25) is 5.76 Å². The van der Waals surface area contributed by atoms with Crippen LogP contribution in [0.5, 0.6) is 5.75 Å². The van der Waals surface area contributed by atoms with Gasteiger partial charge in [-0.2, -0.15) is 0 Å². The Bertz CT molecular complexity index is 662. The molecule has 4 nitrogen and oxygen atoms in total. The van der Waals surface area contributed by atoms with Crippen molar-refractivity contribution in [2.45, 2.75) is 13.8 Å². The van der Waals surface area contributed by atoms with Crippen molar-refractivity contribution in [1.29, 1.82) is 0 Å². The van der Waals surface area contributed by atoms with E-state index in [-0.39, 0.29) is 23.1 Å². The van der Waals surface area contributed by atoms with Gasteiger partial charge in [0.25, 0.3) is 0 Å². The monoisotopic (exact) mass is 244 g/mol. The second-order valence-corrected chi connectivity index (χ2v) is 3.91. The summed E-state index contributed by atoms with van der Waals surface area (Å²) in [7, 11) is 0. The molecule has 0 saturated heterocycles. The number of furan rings is 1. The van der Waals surface area contributed by atoms with E-state index in [0.29, 0.717) is 16.5 Å². The summed E-state index contributed by atoms with van der Waals surface area (Å²) in [5.74, 6) is -0.817. The third-order valence-electron chi connectivity index (χ3n) is 2.58. The molecule has 2 rings (SSSR count). The highest BCUT2D eigenvalue weighted by atomic mass is 16.4. The summed E-state index contributed by atoms with van der Waals surface area (Å²) in [6.45, 7) is 3.06. The SMILES string of the molecule is C/C=C/C(=O)c1ccc2oc(C(C)=O)c(O)c2c1. The summed E-state index contributed by atoms with van der Waals surface area (Å²) in [6, 6.07) is 4.68. The summed E-state index contributed by atoms with van der Waals surface area (Å²) < 4.78 is 5.23. The molecule has 0 bridgehead atoms. The Kier molecular flexibility index (Phi) is 3.02. The fourth-order valence-electron chi connectivity index (χ4n) is 1.72. The maximum atomic E-state index is 11.7. The van der Waals surface area contributed by atoms with Crippen molar-refractivity contribution in [3.05, 3.63) is 41.7 Å².